The topological polar surface area (TPSA) is 9.23 Å². The number of hydrogen-bond acceptors (Lipinski definition) is 2. The fourth-order valence-corrected chi connectivity index (χ4v) is 5.86. The normalized spacial score (nSPS) is 13.6. The molecule has 6 rings (SSSR count). The molecule has 0 radical (unpaired) electrons. The Bertz CT molecular complexity index is 1460. The molecule has 0 saturated carbocycles. The first kappa shape index (κ1) is 20.0. The summed E-state index contributed by atoms with van der Waals surface area (Å²) in [4.78, 5) is 2.52. The van der Waals surface area contributed by atoms with E-state index < -0.39 is 0 Å². The molecule has 33 heavy (non-hydrogen) atoms. The molecule has 4 aromatic carbocycles. The summed E-state index contributed by atoms with van der Waals surface area (Å²) in [5.74, 6) is 1.91. The van der Waals surface area contributed by atoms with Crippen LogP contribution < -0.4 is 4.74 Å². The molecule has 0 amide bonds. The van der Waals surface area contributed by atoms with Crippen molar-refractivity contribution in [2.45, 2.75) is 19.3 Å². The smallest absolute Gasteiger partial charge is 0.132 e. The zero-order chi connectivity index (χ0) is 22.4. The zero-order valence-corrected chi connectivity index (χ0v) is 19.5. The Morgan fingerprint density at radius 3 is 2.06 bits per heavy atom. The van der Waals surface area contributed by atoms with E-state index in [1.807, 2.05) is 17.4 Å². The Morgan fingerprint density at radius 1 is 0.545 bits per heavy atom. The second-order valence-electron chi connectivity index (χ2n) is 9.01. The molecule has 0 spiro atoms. The van der Waals surface area contributed by atoms with Crippen LogP contribution in [0.25, 0.3) is 32.0 Å². The Morgan fingerprint density at radius 2 is 1.21 bits per heavy atom. The molecule has 0 atom stereocenters. The molecule has 2 heteroatoms. The van der Waals surface area contributed by atoms with Crippen LogP contribution >= 0.6 is 11.3 Å². The number of thiophene rings is 1. The van der Waals surface area contributed by atoms with Gasteiger partial charge in [0.2, 0.25) is 0 Å². The lowest BCUT2D eigenvalue weighted by molar-refractivity contribution is 0.418. The summed E-state index contributed by atoms with van der Waals surface area (Å²) in [6.07, 6.45) is 0. The van der Waals surface area contributed by atoms with Crippen LogP contribution in [0.15, 0.2) is 109 Å². The summed E-state index contributed by atoms with van der Waals surface area (Å²) >= 11 is 1.83. The van der Waals surface area contributed by atoms with Crippen LogP contribution in [-0.2, 0) is 5.41 Å². The minimum Gasteiger partial charge on any atom is -0.457 e. The van der Waals surface area contributed by atoms with E-state index in [-0.39, 0.29) is 5.41 Å². The van der Waals surface area contributed by atoms with Crippen molar-refractivity contribution in [1.29, 1.82) is 0 Å². The molecule has 0 fully saturated rings. The number of benzene rings is 4. The van der Waals surface area contributed by atoms with E-state index in [0.717, 1.165) is 11.5 Å². The van der Waals surface area contributed by atoms with Gasteiger partial charge in [0.1, 0.15) is 11.5 Å². The highest BCUT2D eigenvalue weighted by Gasteiger charge is 2.34. The van der Waals surface area contributed by atoms with Crippen molar-refractivity contribution in [3.05, 3.63) is 120 Å². The molecule has 0 N–H and O–H groups in total. The van der Waals surface area contributed by atoms with Gasteiger partial charge < -0.3 is 4.74 Å². The van der Waals surface area contributed by atoms with Crippen LogP contribution in [-0.4, -0.2) is 0 Å². The number of fused-ring (bicyclic) bond motifs is 2. The minimum absolute atomic E-state index is 0.0854. The Kier molecular flexibility index (Phi) is 4.70. The fraction of sp³-hybridized carbons (Fsp3) is 0.0968. The van der Waals surface area contributed by atoms with Gasteiger partial charge in [-0.3, -0.25) is 0 Å². The molecule has 1 aliphatic rings. The van der Waals surface area contributed by atoms with E-state index in [4.69, 9.17) is 4.74 Å². The molecular weight excluding hydrogens is 420 g/mol. The van der Waals surface area contributed by atoms with Crippen molar-refractivity contribution in [1.82, 2.24) is 0 Å². The van der Waals surface area contributed by atoms with Crippen LogP contribution in [0.4, 0.5) is 0 Å². The monoisotopic (exact) mass is 444 g/mol. The van der Waals surface area contributed by atoms with Gasteiger partial charge in [-0.2, -0.15) is 0 Å². The Hall–Kier alpha value is -3.62. The van der Waals surface area contributed by atoms with Gasteiger partial charge in [-0.1, -0.05) is 98.8 Å². The van der Waals surface area contributed by atoms with Crippen LogP contribution in [0.5, 0.6) is 11.5 Å². The molecule has 160 valence electrons. The molecule has 0 unspecified atom stereocenters. The average Bonchev–Trinajstić information content (AvgIpc) is 3.35. The molecule has 2 heterocycles. The summed E-state index contributed by atoms with van der Waals surface area (Å²) in [5, 5.41) is 0. The molecule has 5 aromatic rings. The largest absolute Gasteiger partial charge is 0.457 e. The third-order valence-corrected chi connectivity index (χ3v) is 7.77. The van der Waals surface area contributed by atoms with Gasteiger partial charge in [-0.25, -0.2) is 0 Å². The van der Waals surface area contributed by atoms with Crippen molar-refractivity contribution >= 4 is 11.3 Å². The van der Waals surface area contributed by atoms with E-state index in [0.29, 0.717) is 0 Å². The standard InChI is InChI=1S/C31H24OS/c1-31(2)25-14-8-9-15-27(25)32-28-20-22(16-17-26(28)31)29-18-19-30(33-29)24-13-7-6-12-23(24)21-10-4-3-5-11-21/h3-20H,1-2H3. The molecule has 1 aliphatic heterocycles. The van der Waals surface area contributed by atoms with E-state index in [1.165, 1.54) is 43.1 Å². The van der Waals surface area contributed by atoms with Crippen LogP contribution in [0.1, 0.15) is 25.0 Å². The first-order chi connectivity index (χ1) is 16.1. The third-order valence-electron chi connectivity index (χ3n) is 6.60. The van der Waals surface area contributed by atoms with Crippen molar-refractivity contribution < 1.29 is 4.74 Å². The maximum absolute atomic E-state index is 6.35. The maximum atomic E-state index is 6.35. The zero-order valence-electron chi connectivity index (χ0n) is 18.7. The molecule has 0 bridgehead atoms. The fourth-order valence-electron chi connectivity index (χ4n) is 4.82. The summed E-state index contributed by atoms with van der Waals surface area (Å²) in [5.41, 5.74) is 7.35. The lowest BCUT2D eigenvalue weighted by Crippen LogP contribution is -2.24. The summed E-state index contributed by atoms with van der Waals surface area (Å²) in [6, 6.07) is 38.7. The molecule has 0 saturated heterocycles. The predicted octanol–water partition coefficient (Wildman–Crippen LogP) is 9.18. The lowest BCUT2D eigenvalue weighted by atomic mass is 9.75. The first-order valence-corrected chi connectivity index (χ1v) is 12.1. The van der Waals surface area contributed by atoms with Gasteiger partial charge in [0.25, 0.3) is 0 Å². The molecule has 1 aromatic heterocycles. The van der Waals surface area contributed by atoms with Gasteiger partial charge in [0.15, 0.2) is 0 Å². The van der Waals surface area contributed by atoms with Crippen LogP contribution in [0.3, 0.4) is 0 Å². The van der Waals surface area contributed by atoms with E-state index in [9.17, 15) is 0 Å². The lowest BCUT2D eigenvalue weighted by Gasteiger charge is -2.34. The molecule has 0 aliphatic carbocycles. The second-order valence-corrected chi connectivity index (χ2v) is 10.1. The summed E-state index contributed by atoms with van der Waals surface area (Å²) in [7, 11) is 0. The van der Waals surface area contributed by atoms with Gasteiger partial charge in [-0.15, -0.1) is 11.3 Å². The quantitative estimate of drug-likeness (QED) is 0.269. The molecular formula is C31H24OS. The predicted molar refractivity (Wildman–Crippen MR) is 139 cm³/mol. The number of rotatable bonds is 3. The number of hydrogen-bond donors (Lipinski definition) is 0. The maximum Gasteiger partial charge on any atom is 0.132 e. The van der Waals surface area contributed by atoms with E-state index >= 15 is 0 Å². The van der Waals surface area contributed by atoms with Crippen LogP contribution in [0.2, 0.25) is 0 Å². The highest BCUT2D eigenvalue weighted by molar-refractivity contribution is 7.18. The van der Waals surface area contributed by atoms with Gasteiger partial charge in [-0.05, 0) is 46.5 Å². The molecule has 1 nitrogen and oxygen atoms in total. The van der Waals surface area contributed by atoms with Gasteiger partial charge >= 0.3 is 0 Å². The van der Waals surface area contributed by atoms with Crippen molar-refractivity contribution in [3.63, 3.8) is 0 Å². The van der Waals surface area contributed by atoms with Gasteiger partial charge in [0.05, 0.1) is 0 Å². The number of ether oxygens (including phenoxy) is 1. The van der Waals surface area contributed by atoms with Crippen molar-refractivity contribution in [3.8, 4) is 43.5 Å². The SMILES string of the molecule is CC1(C)c2ccccc2Oc2cc(-c3ccc(-c4ccccc4-c4ccccc4)s3)ccc21. The second kappa shape index (κ2) is 7.75. The highest BCUT2D eigenvalue weighted by atomic mass is 32.1. The Balaban J connectivity index is 1.39. The number of para-hydroxylation sites is 1. The summed E-state index contributed by atoms with van der Waals surface area (Å²) < 4.78 is 6.35. The van der Waals surface area contributed by atoms with E-state index in [2.05, 4.69) is 117 Å². The van der Waals surface area contributed by atoms with E-state index in [1.54, 1.807) is 0 Å². The highest BCUT2D eigenvalue weighted by Crippen LogP contribution is 2.49. The van der Waals surface area contributed by atoms with Crippen LogP contribution in [0, 0.1) is 0 Å². The summed E-state index contributed by atoms with van der Waals surface area (Å²) in [6.45, 7) is 4.55. The minimum atomic E-state index is -0.0854. The average molecular weight is 445 g/mol. The van der Waals surface area contributed by atoms with Crippen molar-refractivity contribution in [2.75, 3.05) is 0 Å². The Labute approximate surface area is 199 Å². The van der Waals surface area contributed by atoms with Crippen molar-refractivity contribution in [2.24, 2.45) is 0 Å². The third kappa shape index (κ3) is 3.39. The van der Waals surface area contributed by atoms with Gasteiger partial charge in [0, 0.05) is 26.3 Å². The first-order valence-electron chi connectivity index (χ1n) is 11.3.